The van der Waals surface area contributed by atoms with Crippen molar-refractivity contribution < 1.29 is 18.3 Å². The van der Waals surface area contributed by atoms with Crippen LogP contribution in [0.4, 0.5) is 8.78 Å². The number of aryl methyl sites for hydroxylation is 2. The van der Waals surface area contributed by atoms with E-state index in [4.69, 9.17) is 4.74 Å². The molecule has 1 fully saturated rings. The van der Waals surface area contributed by atoms with Gasteiger partial charge in [0.2, 0.25) is 0 Å². The first-order chi connectivity index (χ1) is 16.4. The van der Waals surface area contributed by atoms with Crippen LogP contribution in [-0.4, -0.2) is 51.7 Å². The fourth-order valence-electron chi connectivity index (χ4n) is 3.92. The fraction of sp³-hybridized carbons (Fsp3) is 0.417. The second-order valence-electron chi connectivity index (χ2n) is 8.26. The molecule has 0 saturated carbocycles. The Kier molecular flexibility index (Phi) is 7.79. The number of hydrogen-bond donors (Lipinski definition) is 1. The summed E-state index contributed by atoms with van der Waals surface area (Å²) in [5.74, 6) is 0.159. The molecule has 0 spiro atoms. The van der Waals surface area contributed by atoms with Crippen LogP contribution in [0.1, 0.15) is 45.9 Å². The van der Waals surface area contributed by atoms with Crippen LogP contribution in [0.25, 0.3) is 10.6 Å². The number of aromatic nitrogens is 3. The van der Waals surface area contributed by atoms with Crippen molar-refractivity contribution in [3.05, 3.63) is 58.4 Å². The topological polar surface area (TPSA) is 80.2 Å². The van der Waals surface area contributed by atoms with E-state index >= 15 is 0 Å². The predicted octanol–water partition coefficient (Wildman–Crippen LogP) is 4.60. The van der Waals surface area contributed by atoms with Gasteiger partial charge in [-0.05, 0) is 57.4 Å². The van der Waals surface area contributed by atoms with E-state index in [1.807, 2.05) is 26.0 Å². The third-order valence-electron chi connectivity index (χ3n) is 5.58. The Hall–Kier alpha value is -2.98. The second-order valence-corrected chi connectivity index (χ2v) is 9.49. The van der Waals surface area contributed by atoms with Crippen LogP contribution in [0.2, 0.25) is 0 Å². The Labute approximate surface area is 201 Å². The summed E-state index contributed by atoms with van der Waals surface area (Å²) in [6.45, 7) is 4.22. The van der Waals surface area contributed by atoms with Gasteiger partial charge < -0.3 is 10.1 Å². The molecule has 1 N–H and O–H groups in total. The van der Waals surface area contributed by atoms with Crippen LogP contribution in [0.3, 0.4) is 0 Å². The molecule has 1 unspecified atom stereocenters. The molecule has 3 aromatic rings. The van der Waals surface area contributed by atoms with Gasteiger partial charge in [-0.25, -0.2) is 13.8 Å². The minimum absolute atomic E-state index is 0.221. The summed E-state index contributed by atoms with van der Waals surface area (Å²) in [4.78, 5) is 20.3. The number of ether oxygens (including phenoxy) is 1. The Morgan fingerprint density at radius 2 is 2.09 bits per heavy atom. The Morgan fingerprint density at radius 1 is 1.24 bits per heavy atom. The number of carbonyl (C=O) groups is 1. The van der Waals surface area contributed by atoms with E-state index in [9.17, 15) is 13.6 Å². The molecule has 180 valence electrons. The van der Waals surface area contributed by atoms with Gasteiger partial charge in [0.15, 0.2) is 6.23 Å². The van der Waals surface area contributed by atoms with Crippen molar-refractivity contribution in [1.82, 2.24) is 25.4 Å². The van der Waals surface area contributed by atoms with Crippen molar-refractivity contribution in [2.75, 3.05) is 13.1 Å². The maximum Gasteiger partial charge on any atom is 0.252 e. The number of nitrogens with zero attached hydrogens (tertiary/aromatic N) is 4. The summed E-state index contributed by atoms with van der Waals surface area (Å²) in [5.41, 5.74) is 2.41. The minimum atomic E-state index is -2.44. The van der Waals surface area contributed by atoms with Crippen LogP contribution in [-0.2, 0) is 6.54 Å². The van der Waals surface area contributed by atoms with Gasteiger partial charge in [-0.3, -0.25) is 9.69 Å². The highest BCUT2D eigenvalue weighted by atomic mass is 32.1. The van der Waals surface area contributed by atoms with Gasteiger partial charge in [-0.1, -0.05) is 6.07 Å². The van der Waals surface area contributed by atoms with Gasteiger partial charge in [0.05, 0.1) is 35.6 Å². The van der Waals surface area contributed by atoms with Crippen molar-refractivity contribution in [2.45, 2.75) is 52.3 Å². The molecule has 3 heterocycles. The van der Waals surface area contributed by atoms with Gasteiger partial charge in [0, 0.05) is 17.6 Å². The highest BCUT2D eigenvalue weighted by Gasteiger charge is 2.28. The van der Waals surface area contributed by atoms with Gasteiger partial charge in [-0.2, -0.15) is 10.2 Å². The summed E-state index contributed by atoms with van der Waals surface area (Å²) in [7, 11) is 0. The second kappa shape index (κ2) is 11.0. The smallest absolute Gasteiger partial charge is 0.252 e. The summed E-state index contributed by atoms with van der Waals surface area (Å²) in [6.07, 6.45) is 1.22. The summed E-state index contributed by atoms with van der Waals surface area (Å²) in [6, 6.07) is 8.87. The molecule has 34 heavy (non-hydrogen) atoms. The zero-order chi connectivity index (χ0) is 24.1. The van der Waals surface area contributed by atoms with Crippen LogP contribution >= 0.6 is 11.3 Å². The molecule has 1 aromatic carbocycles. The first kappa shape index (κ1) is 24.2. The number of amides is 1. The first-order valence-electron chi connectivity index (χ1n) is 11.2. The highest BCUT2D eigenvalue weighted by Crippen LogP contribution is 2.37. The lowest BCUT2D eigenvalue weighted by Gasteiger charge is -2.35. The molecule has 10 heteroatoms. The lowest BCUT2D eigenvalue weighted by Crippen LogP contribution is -2.45. The SMILES string of the molecule is Cc1ccc(CNC(=O)c2cccc(OC3CCCCN3CC(F)F)c2-c2ncc(C)s2)nn1. The van der Waals surface area contributed by atoms with E-state index in [-0.39, 0.29) is 19.0 Å². The maximum atomic E-state index is 13.2. The number of benzene rings is 1. The van der Waals surface area contributed by atoms with Gasteiger partial charge >= 0.3 is 0 Å². The largest absolute Gasteiger partial charge is 0.474 e. The van der Waals surface area contributed by atoms with E-state index in [0.29, 0.717) is 40.5 Å². The van der Waals surface area contributed by atoms with Crippen LogP contribution in [0, 0.1) is 13.8 Å². The third-order valence-corrected chi connectivity index (χ3v) is 6.51. The Balaban J connectivity index is 1.62. The molecular formula is C24H27F2N5O2S. The molecular weight excluding hydrogens is 460 g/mol. The number of alkyl halides is 2. The average molecular weight is 488 g/mol. The summed E-state index contributed by atoms with van der Waals surface area (Å²) >= 11 is 1.45. The normalized spacial score (nSPS) is 16.6. The third kappa shape index (κ3) is 5.92. The van der Waals surface area contributed by atoms with Gasteiger partial charge in [-0.15, -0.1) is 11.3 Å². The molecule has 7 nitrogen and oxygen atoms in total. The van der Waals surface area contributed by atoms with Gasteiger partial charge in [0.25, 0.3) is 12.3 Å². The molecule has 1 amide bonds. The molecule has 0 radical (unpaired) electrons. The lowest BCUT2D eigenvalue weighted by molar-refractivity contribution is -0.0361. The maximum absolute atomic E-state index is 13.2. The minimum Gasteiger partial charge on any atom is -0.474 e. The zero-order valence-corrected chi connectivity index (χ0v) is 19.9. The number of piperidine rings is 1. The number of halogens is 2. The van der Waals surface area contributed by atoms with E-state index in [2.05, 4.69) is 20.5 Å². The van der Waals surface area contributed by atoms with Crippen LogP contribution in [0.5, 0.6) is 5.75 Å². The number of thiazole rings is 1. The predicted molar refractivity (Wildman–Crippen MR) is 126 cm³/mol. The van der Waals surface area contributed by atoms with E-state index in [1.165, 1.54) is 11.3 Å². The van der Waals surface area contributed by atoms with Crippen LogP contribution in [0.15, 0.2) is 36.5 Å². The highest BCUT2D eigenvalue weighted by molar-refractivity contribution is 7.15. The fourth-order valence-corrected chi connectivity index (χ4v) is 4.75. The summed E-state index contributed by atoms with van der Waals surface area (Å²) in [5, 5.41) is 11.6. The number of nitrogens with one attached hydrogen (secondary N) is 1. The number of carbonyl (C=O) groups excluding carboxylic acids is 1. The standard InChI is InChI=1S/C24H27F2N5O2S/c1-15-9-10-17(30-29-15)13-27-23(32)18-6-5-7-19(22(18)24-28-12-16(2)34-24)33-21-8-3-4-11-31(21)14-20(25)26/h5-7,9-10,12,20-21H,3-4,8,11,13-14H2,1-2H3,(H,27,32). The molecule has 2 aromatic heterocycles. The Bertz CT molecular complexity index is 1120. The monoisotopic (exact) mass is 487 g/mol. The van der Waals surface area contributed by atoms with Crippen molar-refractivity contribution >= 4 is 17.2 Å². The van der Waals surface area contributed by atoms with Crippen molar-refractivity contribution in [1.29, 1.82) is 0 Å². The molecule has 1 atom stereocenters. The van der Waals surface area contributed by atoms with Crippen molar-refractivity contribution in [3.63, 3.8) is 0 Å². The number of rotatable bonds is 8. The average Bonchev–Trinajstić information content (AvgIpc) is 3.25. The molecule has 4 rings (SSSR count). The van der Waals surface area contributed by atoms with Crippen molar-refractivity contribution in [2.24, 2.45) is 0 Å². The zero-order valence-electron chi connectivity index (χ0n) is 19.1. The molecule has 0 bridgehead atoms. The quantitative estimate of drug-likeness (QED) is 0.500. The Morgan fingerprint density at radius 3 is 2.79 bits per heavy atom. The first-order valence-corrected chi connectivity index (χ1v) is 12.0. The molecule has 1 aliphatic heterocycles. The van der Waals surface area contributed by atoms with E-state index in [0.717, 1.165) is 23.4 Å². The molecule has 0 aliphatic carbocycles. The van der Waals surface area contributed by atoms with Gasteiger partial charge in [0.1, 0.15) is 10.8 Å². The molecule has 1 aliphatic rings. The van der Waals surface area contributed by atoms with E-state index in [1.54, 1.807) is 29.3 Å². The lowest BCUT2D eigenvalue weighted by atomic mass is 10.1. The van der Waals surface area contributed by atoms with E-state index < -0.39 is 12.7 Å². The van der Waals surface area contributed by atoms with Crippen LogP contribution < -0.4 is 10.1 Å². The number of likely N-dealkylation sites (tertiary alicyclic amines) is 1. The summed E-state index contributed by atoms with van der Waals surface area (Å²) < 4.78 is 32.5. The molecule has 1 saturated heterocycles. The number of hydrogen-bond acceptors (Lipinski definition) is 7. The van der Waals surface area contributed by atoms with Crippen molar-refractivity contribution in [3.8, 4) is 16.3 Å².